The molecule has 5 rings (SSSR count). The zero-order valence-corrected chi connectivity index (χ0v) is 18.0. The topological polar surface area (TPSA) is 87.0 Å². The summed E-state index contributed by atoms with van der Waals surface area (Å²) >= 11 is 1.20. The molecule has 0 spiro atoms. The molecule has 1 saturated heterocycles. The fourth-order valence-corrected chi connectivity index (χ4v) is 4.78. The quantitative estimate of drug-likeness (QED) is 0.453. The van der Waals surface area contributed by atoms with Gasteiger partial charge < -0.3 is 5.32 Å². The number of H-pyrrole nitrogens is 1. The first-order valence-corrected chi connectivity index (χ1v) is 11.0. The average molecular weight is 463 g/mol. The third-order valence-electron chi connectivity index (χ3n) is 5.56. The zero-order valence-electron chi connectivity index (χ0n) is 17.2. The molecule has 12 heteroatoms. The Morgan fingerprint density at radius 1 is 1.28 bits per heavy atom. The van der Waals surface area contributed by atoms with Gasteiger partial charge in [0.2, 0.25) is 0 Å². The smallest absolute Gasteiger partial charge is 0.328 e. The van der Waals surface area contributed by atoms with Gasteiger partial charge in [0.05, 0.1) is 29.5 Å². The molecule has 0 saturated carbocycles. The Morgan fingerprint density at radius 2 is 2.16 bits per heavy atom. The van der Waals surface area contributed by atoms with Gasteiger partial charge in [-0.1, -0.05) is 6.42 Å². The van der Waals surface area contributed by atoms with Gasteiger partial charge in [0.15, 0.2) is 11.5 Å². The highest BCUT2D eigenvalue weighted by Gasteiger charge is 2.44. The van der Waals surface area contributed by atoms with Crippen LogP contribution in [-0.4, -0.2) is 52.6 Å². The summed E-state index contributed by atoms with van der Waals surface area (Å²) in [7, 11) is 0. The first-order chi connectivity index (χ1) is 15.4. The highest BCUT2D eigenvalue weighted by atomic mass is 32.1. The molecule has 32 heavy (non-hydrogen) atoms. The minimum Gasteiger partial charge on any atom is -0.328 e. The fraction of sp³-hybridized carbons (Fsp3) is 0.400. The number of hydrogen-bond donors (Lipinski definition) is 2. The van der Waals surface area contributed by atoms with Crippen molar-refractivity contribution in [3.05, 3.63) is 42.2 Å². The van der Waals surface area contributed by atoms with E-state index in [0.29, 0.717) is 35.1 Å². The Labute approximate surface area is 185 Å². The maximum Gasteiger partial charge on any atom is 0.404 e. The van der Waals surface area contributed by atoms with Crippen molar-refractivity contribution in [1.29, 1.82) is 0 Å². The van der Waals surface area contributed by atoms with Crippen molar-refractivity contribution >= 4 is 28.0 Å². The van der Waals surface area contributed by atoms with Gasteiger partial charge in [-0.3, -0.25) is 14.4 Å². The molecule has 8 nitrogen and oxygen atoms in total. The van der Waals surface area contributed by atoms with E-state index in [1.54, 1.807) is 24.7 Å². The van der Waals surface area contributed by atoms with E-state index in [2.05, 4.69) is 29.9 Å². The van der Waals surface area contributed by atoms with Crippen LogP contribution in [0.3, 0.4) is 0 Å². The second-order valence-corrected chi connectivity index (χ2v) is 8.69. The predicted octanol–water partition coefficient (Wildman–Crippen LogP) is 4.54. The largest absolute Gasteiger partial charge is 0.404 e. The summed E-state index contributed by atoms with van der Waals surface area (Å²) < 4.78 is 46.4. The molecule has 4 aromatic heterocycles. The van der Waals surface area contributed by atoms with Gasteiger partial charge in [-0.05, 0) is 43.9 Å². The number of anilines is 2. The lowest BCUT2D eigenvalue weighted by Crippen LogP contribution is -2.48. The summed E-state index contributed by atoms with van der Waals surface area (Å²) in [6.07, 6.45) is 4.44. The molecular weight excluding hydrogens is 441 g/mol. The summed E-state index contributed by atoms with van der Waals surface area (Å²) in [6.45, 7) is 2.48. The van der Waals surface area contributed by atoms with Gasteiger partial charge in [-0.25, -0.2) is 9.97 Å². The van der Waals surface area contributed by atoms with E-state index >= 15 is 0 Å². The molecule has 1 aliphatic heterocycles. The highest BCUT2D eigenvalue weighted by molar-refractivity contribution is 7.10. The second-order valence-electron chi connectivity index (χ2n) is 7.89. The van der Waals surface area contributed by atoms with Crippen LogP contribution in [0.15, 0.2) is 30.9 Å². The van der Waals surface area contributed by atoms with E-state index in [-0.39, 0.29) is 13.0 Å². The van der Waals surface area contributed by atoms with E-state index < -0.39 is 12.2 Å². The van der Waals surface area contributed by atoms with Gasteiger partial charge in [0.1, 0.15) is 11.0 Å². The first kappa shape index (κ1) is 20.9. The van der Waals surface area contributed by atoms with Crippen molar-refractivity contribution in [3.63, 3.8) is 0 Å². The van der Waals surface area contributed by atoms with Crippen molar-refractivity contribution in [2.45, 2.75) is 44.9 Å². The summed E-state index contributed by atoms with van der Waals surface area (Å²) in [4.78, 5) is 10.5. The first-order valence-electron chi connectivity index (χ1n) is 10.3. The van der Waals surface area contributed by atoms with Crippen LogP contribution < -0.4 is 5.32 Å². The number of imidazole rings is 1. The predicted molar refractivity (Wildman–Crippen MR) is 115 cm³/mol. The molecule has 2 N–H and O–H groups in total. The molecule has 1 unspecified atom stereocenters. The molecule has 0 bridgehead atoms. The Bertz CT molecular complexity index is 1210. The van der Waals surface area contributed by atoms with Gasteiger partial charge in [-0.15, -0.1) is 0 Å². The summed E-state index contributed by atoms with van der Waals surface area (Å²) in [5.74, 6) is 0.557. The van der Waals surface area contributed by atoms with E-state index in [9.17, 15) is 13.2 Å². The standard InChI is InChI=1S/C20H21F3N8S/c1-12-10-31-15(13-7-25-26-8-13)9-24-19(31)18(27-12)28-17-6-14(29-32-17)11-30-5-3-2-4-16(30)20(21,22)23/h6-10,16H,2-5,11H2,1H3,(H,25,26)(H,27,28). The lowest BCUT2D eigenvalue weighted by molar-refractivity contribution is -0.192. The normalized spacial score (nSPS) is 17.8. The van der Waals surface area contributed by atoms with Gasteiger partial charge in [-0.2, -0.15) is 22.6 Å². The van der Waals surface area contributed by atoms with Crippen LogP contribution in [0.2, 0.25) is 0 Å². The number of piperidine rings is 1. The molecule has 0 radical (unpaired) electrons. The van der Waals surface area contributed by atoms with E-state index in [1.165, 1.54) is 16.4 Å². The van der Waals surface area contributed by atoms with Gasteiger partial charge in [0, 0.05) is 24.5 Å². The number of aromatic nitrogens is 6. The number of nitrogens with one attached hydrogen (secondary N) is 2. The van der Waals surface area contributed by atoms with Gasteiger partial charge in [0.25, 0.3) is 0 Å². The highest BCUT2D eigenvalue weighted by Crippen LogP contribution is 2.33. The lowest BCUT2D eigenvalue weighted by atomic mass is 10.0. The average Bonchev–Trinajstić information content (AvgIpc) is 3.48. The minimum absolute atomic E-state index is 0.142. The van der Waals surface area contributed by atoms with E-state index in [4.69, 9.17) is 0 Å². The van der Waals surface area contributed by atoms with Crippen LogP contribution in [0.4, 0.5) is 24.0 Å². The van der Waals surface area contributed by atoms with Crippen LogP contribution >= 0.6 is 11.5 Å². The molecule has 5 heterocycles. The molecule has 168 valence electrons. The van der Waals surface area contributed by atoms with Crippen LogP contribution in [0.25, 0.3) is 16.9 Å². The molecule has 0 amide bonds. The van der Waals surface area contributed by atoms with E-state index in [0.717, 1.165) is 23.4 Å². The number of fused-ring (bicyclic) bond motifs is 1. The number of aromatic amines is 1. The Morgan fingerprint density at radius 3 is 2.94 bits per heavy atom. The van der Waals surface area contributed by atoms with Crippen LogP contribution in [0.5, 0.6) is 0 Å². The van der Waals surface area contributed by atoms with Crippen molar-refractivity contribution in [1.82, 2.24) is 33.8 Å². The molecule has 1 aliphatic rings. The number of halogens is 3. The zero-order chi connectivity index (χ0) is 22.3. The lowest BCUT2D eigenvalue weighted by Gasteiger charge is -2.36. The molecule has 4 aromatic rings. The molecule has 0 aliphatic carbocycles. The van der Waals surface area contributed by atoms with E-state index in [1.807, 2.05) is 17.5 Å². The molecule has 1 atom stereocenters. The number of aryl methyl sites for hydroxylation is 1. The number of nitrogens with zero attached hydrogens (tertiary/aromatic N) is 6. The van der Waals surface area contributed by atoms with Crippen molar-refractivity contribution in [2.24, 2.45) is 0 Å². The Hall–Kier alpha value is -2.99. The second kappa shape index (κ2) is 8.17. The van der Waals surface area contributed by atoms with Crippen molar-refractivity contribution in [2.75, 3.05) is 11.9 Å². The monoisotopic (exact) mass is 462 g/mol. The number of likely N-dealkylation sites (tertiary alicyclic amines) is 1. The fourth-order valence-electron chi connectivity index (χ4n) is 4.12. The van der Waals surface area contributed by atoms with Crippen LogP contribution in [0, 0.1) is 6.92 Å². The summed E-state index contributed by atoms with van der Waals surface area (Å²) in [6, 6.07) is 0.381. The molecule has 0 aromatic carbocycles. The SMILES string of the molecule is Cc1cn2c(-c3cn[nH]c3)cnc2c(Nc2cc(CN3CCCCC3C(F)(F)F)ns2)n1. The third kappa shape index (κ3) is 4.07. The maximum atomic E-state index is 13.4. The maximum absolute atomic E-state index is 13.4. The number of hydrogen-bond acceptors (Lipinski definition) is 7. The van der Waals surface area contributed by atoms with Crippen molar-refractivity contribution in [3.8, 4) is 11.3 Å². The van der Waals surface area contributed by atoms with Crippen LogP contribution in [0.1, 0.15) is 30.7 Å². The Balaban J connectivity index is 1.38. The third-order valence-corrected chi connectivity index (χ3v) is 6.31. The molecule has 1 fully saturated rings. The van der Waals surface area contributed by atoms with Gasteiger partial charge >= 0.3 is 6.18 Å². The number of alkyl halides is 3. The van der Waals surface area contributed by atoms with Crippen molar-refractivity contribution < 1.29 is 13.2 Å². The molecular formula is C20H21F3N8S. The minimum atomic E-state index is -4.22. The summed E-state index contributed by atoms with van der Waals surface area (Å²) in [5, 5.41) is 10.7. The summed E-state index contributed by atoms with van der Waals surface area (Å²) in [5.41, 5.74) is 3.80. The van der Waals surface area contributed by atoms with Crippen LogP contribution in [-0.2, 0) is 6.54 Å². The number of rotatable bonds is 5. The Kier molecular flexibility index (Phi) is 5.33.